The fourth-order valence-corrected chi connectivity index (χ4v) is 2.50. The summed E-state index contributed by atoms with van der Waals surface area (Å²) in [7, 11) is 0. The van der Waals surface area contributed by atoms with Gasteiger partial charge in [0.15, 0.2) is 0 Å². The van der Waals surface area contributed by atoms with Crippen molar-refractivity contribution in [2.75, 3.05) is 32.8 Å². The van der Waals surface area contributed by atoms with Crippen molar-refractivity contribution in [1.82, 2.24) is 10.2 Å². The Morgan fingerprint density at radius 2 is 1.91 bits per heavy atom. The van der Waals surface area contributed by atoms with Gasteiger partial charge in [0.05, 0.1) is 25.8 Å². The fourth-order valence-electron chi connectivity index (χ4n) is 2.50. The lowest BCUT2D eigenvalue weighted by Gasteiger charge is -2.27. The minimum absolute atomic E-state index is 0.0415. The Morgan fingerprint density at radius 1 is 1.23 bits per heavy atom. The molecule has 0 aliphatic carbocycles. The predicted molar refractivity (Wildman–Crippen MR) is 83.0 cm³/mol. The summed E-state index contributed by atoms with van der Waals surface area (Å²) < 4.78 is 5.27. The molecule has 1 aliphatic rings. The van der Waals surface area contributed by atoms with Gasteiger partial charge in [0, 0.05) is 19.5 Å². The lowest BCUT2D eigenvalue weighted by atomic mass is 10.0. The summed E-state index contributed by atoms with van der Waals surface area (Å²) in [5, 5.41) is 3.01. The number of benzene rings is 1. The first-order chi connectivity index (χ1) is 10.6. The van der Waals surface area contributed by atoms with Crippen LogP contribution in [0.1, 0.15) is 24.4 Å². The normalized spacial score (nSPS) is 16.9. The molecule has 6 nitrogen and oxygen atoms in total. The van der Waals surface area contributed by atoms with Crippen molar-refractivity contribution in [2.45, 2.75) is 18.9 Å². The second-order valence-corrected chi connectivity index (χ2v) is 5.42. The second kappa shape index (κ2) is 8.51. The van der Waals surface area contributed by atoms with Crippen molar-refractivity contribution in [3.63, 3.8) is 0 Å². The molecule has 6 heteroatoms. The van der Waals surface area contributed by atoms with E-state index in [0.717, 1.165) is 18.7 Å². The average Bonchev–Trinajstić information content (AvgIpc) is 2.53. The van der Waals surface area contributed by atoms with Crippen molar-refractivity contribution in [3.05, 3.63) is 35.9 Å². The maximum Gasteiger partial charge on any atom is 0.234 e. The summed E-state index contributed by atoms with van der Waals surface area (Å²) in [6.45, 7) is 3.22. The quantitative estimate of drug-likeness (QED) is 0.765. The van der Waals surface area contributed by atoms with Gasteiger partial charge in [0.2, 0.25) is 11.8 Å². The van der Waals surface area contributed by atoms with Gasteiger partial charge >= 0.3 is 0 Å². The van der Waals surface area contributed by atoms with Crippen LogP contribution in [0.4, 0.5) is 0 Å². The summed E-state index contributed by atoms with van der Waals surface area (Å²) in [6, 6.07) is 9.45. The molecular formula is C16H23N3O3. The van der Waals surface area contributed by atoms with E-state index in [9.17, 15) is 9.59 Å². The third kappa shape index (κ3) is 5.46. The van der Waals surface area contributed by atoms with Gasteiger partial charge in [-0.1, -0.05) is 30.3 Å². The van der Waals surface area contributed by atoms with E-state index in [1.165, 1.54) is 0 Å². The molecule has 120 valence electrons. The van der Waals surface area contributed by atoms with Crippen LogP contribution in [-0.4, -0.2) is 49.6 Å². The average molecular weight is 305 g/mol. The van der Waals surface area contributed by atoms with Gasteiger partial charge < -0.3 is 15.8 Å². The number of morpholine rings is 1. The molecule has 2 rings (SSSR count). The molecule has 22 heavy (non-hydrogen) atoms. The van der Waals surface area contributed by atoms with E-state index < -0.39 is 0 Å². The van der Waals surface area contributed by atoms with E-state index in [-0.39, 0.29) is 24.3 Å². The monoisotopic (exact) mass is 305 g/mol. The standard InChI is InChI=1S/C16H23N3O3/c17-15(20)7-6-14(13-4-2-1-3-5-13)18-16(21)12-19-8-10-22-11-9-19/h1-5,14H,6-12H2,(H2,17,20)(H,18,21). The molecule has 1 heterocycles. The van der Waals surface area contributed by atoms with Gasteiger partial charge in [-0.2, -0.15) is 0 Å². The molecular weight excluding hydrogens is 282 g/mol. The molecule has 0 saturated carbocycles. The van der Waals surface area contributed by atoms with Crippen LogP contribution in [0.25, 0.3) is 0 Å². The molecule has 1 aliphatic heterocycles. The lowest BCUT2D eigenvalue weighted by molar-refractivity contribution is -0.124. The SMILES string of the molecule is NC(=O)CCC(NC(=O)CN1CCOCC1)c1ccccc1. The molecule has 2 amide bonds. The first-order valence-corrected chi connectivity index (χ1v) is 7.58. The van der Waals surface area contributed by atoms with Crippen molar-refractivity contribution in [3.8, 4) is 0 Å². The van der Waals surface area contributed by atoms with Gasteiger partial charge in [-0.25, -0.2) is 0 Å². The molecule has 0 aromatic heterocycles. The molecule has 1 atom stereocenters. The fraction of sp³-hybridized carbons (Fsp3) is 0.500. The first-order valence-electron chi connectivity index (χ1n) is 7.58. The number of nitrogens with one attached hydrogen (secondary N) is 1. The highest BCUT2D eigenvalue weighted by molar-refractivity contribution is 5.79. The minimum atomic E-state index is -0.358. The molecule has 0 bridgehead atoms. The molecule has 1 aromatic carbocycles. The highest BCUT2D eigenvalue weighted by Crippen LogP contribution is 2.18. The van der Waals surface area contributed by atoms with E-state index in [0.29, 0.717) is 26.2 Å². The summed E-state index contributed by atoms with van der Waals surface area (Å²) >= 11 is 0. The van der Waals surface area contributed by atoms with Gasteiger partial charge in [-0.05, 0) is 12.0 Å². The summed E-state index contributed by atoms with van der Waals surface area (Å²) in [5.41, 5.74) is 6.21. The maximum atomic E-state index is 12.2. The number of carbonyl (C=O) groups excluding carboxylic acids is 2. The Morgan fingerprint density at radius 3 is 2.55 bits per heavy atom. The Bertz CT molecular complexity index is 487. The van der Waals surface area contributed by atoms with Crippen LogP contribution < -0.4 is 11.1 Å². The van der Waals surface area contributed by atoms with Crippen LogP contribution in [-0.2, 0) is 14.3 Å². The number of ether oxygens (including phenoxy) is 1. The van der Waals surface area contributed by atoms with Crippen LogP contribution in [0.15, 0.2) is 30.3 Å². The highest BCUT2D eigenvalue weighted by Gasteiger charge is 2.18. The van der Waals surface area contributed by atoms with Crippen molar-refractivity contribution >= 4 is 11.8 Å². The number of nitrogens with zero attached hydrogens (tertiary/aromatic N) is 1. The minimum Gasteiger partial charge on any atom is -0.379 e. The van der Waals surface area contributed by atoms with Crippen LogP contribution in [0, 0.1) is 0 Å². The molecule has 1 saturated heterocycles. The zero-order valence-corrected chi connectivity index (χ0v) is 12.7. The topological polar surface area (TPSA) is 84.7 Å². The lowest BCUT2D eigenvalue weighted by Crippen LogP contribution is -2.44. The molecule has 0 spiro atoms. The van der Waals surface area contributed by atoms with Gasteiger partial charge in [-0.15, -0.1) is 0 Å². The summed E-state index contributed by atoms with van der Waals surface area (Å²) in [4.78, 5) is 25.3. The number of primary amides is 1. The Hall–Kier alpha value is -1.92. The number of amides is 2. The predicted octanol–water partition coefficient (Wildman–Crippen LogP) is 0.442. The maximum absolute atomic E-state index is 12.2. The Kier molecular flexibility index (Phi) is 6.36. The van der Waals surface area contributed by atoms with Crippen LogP contribution in [0.5, 0.6) is 0 Å². The molecule has 1 fully saturated rings. The van der Waals surface area contributed by atoms with E-state index in [1.807, 2.05) is 30.3 Å². The largest absolute Gasteiger partial charge is 0.379 e. The van der Waals surface area contributed by atoms with Crippen molar-refractivity contribution in [2.24, 2.45) is 5.73 Å². The molecule has 0 radical (unpaired) electrons. The molecule has 1 unspecified atom stereocenters. The van der Waals surface area contributed by atoms with Crippen LogP contribution in [0.2, 0.25) is 0 Å². The number of carbonyl (C=O) groups is 2. The highest BCUT2D eigenvalue weighted by atomic mass is 16.5. The number of nitrogens with two attached hydrogens (primary N) is 1. The third-order valence-electron chi connectivity index (χ3n) is 3.69. The van der Waals surface area contributed by atoms with Crippen molar-refractivity contribution in [1.29, 1.82) is 0 Å². The van der Waals surface area contributed by atoms with Gasteiger partial charge in [0.1, 0.15) is 0 Å². The van der Waals surface area contributed by atoms with Crippen molar-refractivity contribution < 1.29 is 14.3 Å². The summed E-state index contributed by atoms with van der Waals surface area (Å²) in [5.74, 6) is -0.399. The van der Waals surface area contributed by atoms with Gasteiger partial charge in [0.25, 0.3) is 0 Å². The number of rotatable bonds is 7. The smallest absolute Gasteiger partial charge is 0.234 e. The number of hydrogen-bond acceptors (Lipinski definition) is 4. The van der Waals surface area contributed by atoms with E-state index in [4.69, 9.17) is 10.5 Å². The van der Waals surface area contributed by atoms with Crippen LogP contribution >= 0.6 is 0 Å². The van der Waals surface area contributed by atoms with E-state index >= 15 is 0 Å². The number of hydrogen-bond donors (Lipinski definition) is 2. The van der Waals surface area contributed by atoms with Gasteiger partial charge in [-0.3, -0.25) is 14.5 Å². The molecule has 1 aromatic rings. The van der Waals surface area contributed by atoms with E-state index in [2.05, 4.69) is 10.2 Å². The zero-order chi connectivity index (χ0) is 15.8. The first kappa shape index (κ1) is 16.5. The zero-order valence-electron chi connectivity index (χ0n) is 12.7. The molecule has 3 N–H and O–H groups in total. The second-order valence-electron chi connectivity index (χ2n) is 5.42. The van der Waals surface area contributed by atoms with E-state index in [1.54, 1.807) is 0 Å². The Labute approximate surface area is 130 Å². The Balaban J connectivity index is 1.92. The summed E-state index contributed by atoms with van der Waals surface area (Å²) in [6.07, 6.45) is 0.756. The van der Waals surface area contributed by atoms with Crippen LogP contribution in [0.3, 0.4) is 0 Å². The third-order valence-corrected chi connectivity index (χ3v) is 3.69.